The topological polar surface area (TPSA) is 21.3 Å². The summed E-state index contributed by atoms with van der Waals surface area (Å²) >= 11 is 1.29. The van der Waals surface area contributed by atoms with Crippen molar-refractivity contribution in [3.63, 3.8) is 0 Å². The standard InChI is InChI=1S/C4H9NOS/c1-5-3-4-7-6-2/h3-5H,1-2H3/b4-3-. The van der Waals surface area contributed by atoms with Crippen molar-refractivity contribution < 1.29 is 4.18 Å². The maximum atomic E-state index is 4.63. The molecule has 0 heterocycles. The molecule has 0 aromatic heterocycles. The van der Waals surface area contributed by atoms with Crippen molar-refractivity contribution in [2.45, 2.75) is 0 Å². The minimum atomic E-state index is 1.29. The Hall–Kier alpha value is -0.150. The largest absolute Gasteiger partial charge is 0.393 e. The molecule has 0 aliphatic carbocycles. The van der Waals surface area contributed by atoms with Crippen LogP contribution in [0.5, 0.6) is 0 Å². The summed E-state index contributed by atoms with van der Waals surface area (Å²) < 4.78 is 4.63. The van der Waals surface area contributed by atoms with E-state index >= 15 is 0 Å². The molecule has 0 saturated carbocycles. The van der Waals surface area contributed by atoms with Gasteiger partial charge in [-0.05, 0) is 0 Å². The minimum absolute atomic E-state index is 1.29. The van der Waals surface area contributed by atoms with E-state index in [1.165, 1.54) is 12.0 Å². The highest BCUT2D eigenvalue weighted by Crippen LogP contribution is 1.97. The third-order valence-electron chi connectivity index (χ3n) is 0.386. The molecule has 0 aromatic carbocycles. The summed E-state index contributed by atoms with van der Waals surface area (Å²) in [6.07, 6.45) is 1.80. The van der Waals surface area contributed by atoms with Crippen molar-refractivity contribution in [2.75, 3.05) is 14.2 Å². The van der Waals surface area contributed by atoms with Crippen LogP contribution in [0.4, 0.5) is 0 Å². The van der Waals surface area contributed by atoms with Crippen LogP contribution in [0, 0.1) is 0 Å². The van der Waals surface area contributed by atoms with E-state index in [1.807, 2.05) is 12.5 Å². The number of hydrogen-bond donors (Lipinski definition) is 1. The molecular weight excluding hydrogens is 110 g/mol. The van der Waals surface area contributed by atoms with Crippen LogP contribution in [0.25, 0.3) is 0 Å². The summed E-state index contributed by atoms with van der Waals surface area (Å²) in [5.74, 6) is 0. The molecule has 0 rings (SSSR count). The second-order valence-corrected chi connectivity index (χ2v) is 1.65. The normalized spacial score (nSPS) is 10.0. The lowest BCUT2D eigenvalue weighted by molar-refractivity contribution is 0.494. The van der Waals surface area contributed by atoms with Crippen molar-refractivity contribution in [1.29, 1.82) is 0 Å². The summed E-state index contributed by atoms with van der Waals surface area (Å²) in [7, 11) is 3.47. The molecule has 0 aliphatic heterocycles. The van der Waals surface area contributed by atoms with Gasteiger partial charge in [0.15, 0.2) is 0 Å². The van der Waals surface area contributed by atoms with Crippen LogP contribution in [-0.2, 0) is 4.18 Å². The van der Waals surface area contributed by atoms with Gasteiger partial charge < -0.3 is 9.50 Å². The number of nitrogens with one attached hydrogen (secondary N) is 1. The predicted octanol–water partition coefficient (Wildman–Crippen LogP) is 0.972. The highest BCUT2D eigenvalue weighted by atomic mass is 32.2. The van der Waals surface area contributed by atoms with Crippen LogP contribution < -0.4 is 5.32 Å². The third-order valence-corrected chi connectivity index (χ3v) is 0.826. The van der Waals surface area contributed by atoms with Gasteiger partial charge in [0.25, 0.3) is 0 Å². The van der Waals surface area contributed by atoms with Crippen LogP contribution in [0.3, 0.4) is 0 Å². The summed E-state index contributed by atoms with van der Waals surface area (Å²) in [6, 6.07) is 0. The fourth-order valence-corrected chi connectivity index (χ4v) is 0.454. The minimum Gasteiger partial charge on any atom is -0.393 e. The van der Waals surface area contributed by atoms with E-state index in [-0.39, 0.29) is 0 Å². The van der Waals surface area contributed by atoms with Gasteiger partial charge >= 0.3 is 0 Å². The van der Waals surface area contributed by atoms with Crippen LogP contribution in [0.15, 0.2) is 11.6 Å². The third kappa shape index (κ3) is 5.85. The molecule has 0 unspecified atom stereocenters. The quantitative estimate of drug-likeness (QED) is 0.559. The van der Waals surface area contributed by atoms with E-state index in [9.17, 15) is 0 Å². The Balaban J connectivity index is 2.78. The SMILES string of the molecule is CN/C=C\SOC. The molecule has 0 bridgehead atoms. The van der Waals surface area contributed by atoms with Gasteiger partial charge in [-0.3, -0.25) is 0 Å². The molecule has 2 nitrogen and oxygen atoms in total. The maximum absolute atomic E-state index is 4.63. The Bertz CT molecular complexity index is 55.7. The zero-order valence-corrected chi connectivity index (χ0v) is 5.29. The van der Waals surface area contributed by atoms with Crippen LogP contribution >= 0.6 is 12.0 Å². The second kappa shape index (κ2) is 5.85. The van der Waals surface area contributed by atoms with Crippen molar-refractivity contribution in [3.8, 4) is 0 Å². The highest BCUT2D eigenvalue weighted by molar-refractivity contribution is 7.97. The van der Waals surface area contributed by atoms with Gasteiger partial charge in [-0.15, -0.1) is 0 Å². The first-order valence-corrected chi connectivity index (χ1v) is 2.74. The smallest absolute Gasteiger partial charge is 0.0507 e. The summed E-state index contributed by atoms with van der Waals surface area (Å²) in [5, 5.41) is 4.64. The summed E-state index contributed by atoms with van der Waals surface area (Å²) in [6.45, 7) is 0. The zero-order valence-electron chi connectivity index (χ0n) is 4.47. The van der Waals surface area contributed by atoms with Crippen molar-refractivity contribution >= 4 is 12.0 Å². The van der Waals surface area contributed by atoms with Crippen molar-refractivity contribution in [2.24, 2.45) is 0 Å². The van der Waals surface area contributed by atoms with Crippen LogP contribution in [0.1, 0.15) is 0 Å². The van der Waals surface area contributed by atoms with Gasteiger partial charge in [-0.2, -0.15) is 0 Å². The molecule has 0 aromatic rings. The van der Waals surface area contributed by atoms with E-state index in [2.05, 4.69) is 9.50 Å². The van der Waals surface area contributed by atoms with Crippen molar-refractivity contribution in [3.05, 3.63) is 11.6 Å². The highest BCUT2D eigenvalue weighted by Gasteiger charge is 1.66. The molecule has 0 saturated heterocycles. The molecule has 0 amide bonds. The first-order chi connectivity index (χ1) is 3.41. The Morgan fingerprint density at radius 3 is 2.86 bits per heavy atom. The zero-order chi connectivity index (χ0) is 5.54. The second-order valence-electron chi connectivity index (χ2n) is 0.854. The lowest BCUT2D eigenvalue weighted by Crippen LogP contribution is -1.89. The van der Waals surface area contributed by atoms with Gasteiger partial charge in [0.2, 0.25) is 0 Å². The lowest BCUT2D eigenvalue weighted by Gasteiger charge is -1.84. The Morgan fingerprint density at radius 2 is 2.43 bits per heavy atom. The molecule has 0 spiro atoms. The molecule has 1 N–H and O–H groups in total. The van der Waals surface area contributed by atoms with Gasteiger partial charge in [0, 0.05) is 30.7 Å². The number of hydrogen-bond acceptors (Lipinski definition) is 3. The Morgan fingerprint density at radius 1 is 1.71 bits per heavy atom. The molecule has 42 valence electrons. The van der Waals surface area contributed by atoms with Crippen molar-refractivity contribution in [1.82, 2.24) is 5.32 Å². The fourth-order valence-electron chi connectivity index (χ4n) is 0.151. The first-order valence-electron chi connectivity index (χ1n) is 1.93. The molecule has 7 heavy (non-hydrogen) atoms. The molecular formula is C4H9NOS. The molecule has 3 heteroatoms. The summed E-state index contributed by atoms with van der Waals surface area (Å²) in [5.41, 5.74) is 0. The van der Waals surface area contributed by atoms with E-state index in [0.29, 0.717) is 0 Å². The number of rotatable bonds is 3. The van der Waals surface area contributed by atoms with Gasteiger partial charge in [0.05, 0.1) is 7.11 Å². The first kappa shape index (κ1) is 6.85. The fraction of sp³-hybridized carbons (Fsp3) is 0.500. The average molecular weight is 119 g/mol. The molecule has 0 radical (unpaired) electrons. The van der Waals surface area contributed by atoms with E-state index in [4.69, 9.17) is 0 Å². The van der Waals surface area contributed by atoms with E-state index < -0.39 is 0 Å². The maximum Gasteiger partial charge on any atom is 0.0507 e. The van der Waals surface area contributed by atoms with Gasteiger partial charge in [-0.1, -0.05) is 0 Å². The lowest BCUT2D eigenvalue weighted by atomic mass is 11.0. The van der Waals surface area contributed by atoms with Gasteiger partial charge in [-0.25, -0.2) is 0 Å². The summed E-state index contributed by atoms with van der Waals surface area (Å²) in [4.78, 5) is 0. The molecule has 0 fully saturated rings. The molecule has 0 aliphatic rings. The van der Waals surface area contributed by atoms with E-state index in [1.54, 1.807) is 13.3 Å². The average Bonchev–Trinajstić information content (AvgIpc) is 1.69. The Labute approximate surface area is 48.1 Å². The van der Waals surface area contributed by atoms with Gasteiger partial charge in [0.1, 0.15) is 0 Å². The van der Waals surface area contributed by atoms with Crippen LogP contribution in [0.2, 0.25) is 0 Å². The monoisotopic (exact) mass is 119 g/mol. The van der Waals surface area contributed by atoms with E-state index in [0.717, 1.165) is 0 Å². The van der Waals surface area contributed by atoms with Crippen LogP contribution in [-0.4, -0.2) is 14.2 Å². The Kier molecular flexibility index (Phi) is 5.72. The molecule has 0 atom stereocenters. The predicted molar refractivity (Wildman–Crippen MR) is 32.8 cm³/mol.